The first kappa shape index (κ1) is 33.6. The Morgan fingerprint density at radius 1 is 0.822 bits per heavy atom. The fourth-order valence-electron chi connectivity index (χ4n) is 3.73. The van der Waals surface area contributed by atoms with Crippen LogP contribution in [0.4, 0.5) is 21.0 Å². The summed E-state index contributed by atoms with van der Waals surface area (Å²) in [6, 6.07) is 21.4. The number of amides is 2. The predicted octanol–water partition coefficient (Wildman–Crippen LogP) is 3.23. The minimum atomic E-state index is -0.540. The van der Waals surface area contributed by atoms with Crippen molar-refractivity contribution in [2.75, 3.05) is 23.8 Å². The molecule has 15 heteroatoms. The van der Waals surface area contributed by atoms with E-state index in [9.17, 15) is 19.2 Å². The summed E-state index contributed by atoms with van der Waals surface area (Å²) in [5.41, 5.74) is 8.17. The molecule has 232 valence electrons. The molecule has 4 aromatic rings. The second-order valence-electron chi connectivity index (χ2n) is 9.00. The highest BCUT2D eigenvalue weighted by Crippen LogP contribution is 2.13. The van der Waals surface area contributed by atoms with Crippen LogP contribution in [0.1, 0.15) is 36.4 Å². The Kier molecular flexibility index (Phi) is 12.5. The lowest BCUT2D eigenvalue weighted by Gasteiger charge is -2.09. The van der Waals surface area contributed by atoms with E-state index in [0.717, 1.165) is 11.1 Å². The maximum atomic E-state index is 11.9. The van der Waals surface area contributed by atoms with E-state index < -0.39 is 12.2 Å². The molecule has 4 N–H and O–H groups in total. The molecule has 14 nitrogen and oxygen atoms in total. The van der Waals surface area contributed by atoms with E-state index in [2.05, 4.69) is 20.8 Å². The molecule has 0 saturated carbocycles. The van der Waals surface area contributed by atoms with Crippen LogP contribution >= 0.6 is 12.2 Å². The Labute approximate surface area is 263 Å². The molecule has 0 aliphatic heterocycles. The van der Waals surface area contributed by atoms with Crippen LogP contribution in [0.5, 0.6) is 0 Å². The highest BCUT2D eigenvalue weighted by Gasteiger charge is 2.07. The molecule has 0 aliphatic rings. The molecule has 0 atom stereocenters. The fraction of sp³-hybridized carbons (Fsp3) is 0.200. The van der Waals surface area contributed by atoms with Crippen LogP contribution in [0, 0.1) is 11.3 Å². The van der Waals surface area contributed by atoms with Crippen molar-refractivity contribution in [2.24, 2.45) is 5.73 Å². The quantitative estimate of drug-likeness (QED) is 0.230. The van der Waals surface area contributed by atoms with Crippen LogP contribution in [0.15, 0.2) is 82.4 Å². The molecule has 2 aromatic carbocycles. The van der Waals surface area contributed by atoms with Crippen LogP contribution in [0.25, 0.3) is 0 Å². The fourth-order valence-corrected chi connectivity index (χ4v) is 3.84. The molecule has 4 rings (SSSR count). The van der Waals surface area contributed by atoms with Gasteiger partial charge in [-0.05, 0) is 61.4 Å². The Morgan fingerprint density at radius 3 is 1.78 bits per heavy atom. The van der Waals surface area contributed by atoms with E-state index in [4.69, 9.17) is 32.7 Å². The van der Waals surface area contributed by atoms with Crippen molar-refractivity contribution in [3.63, 3.8) is 0 Å². The number of nitriles is 1. The molecule has 0 unspecified atom stereocenters. The number of hydrogen-bond acceptors (Lipinski definition) is 10. The Hall–Kier alpha value is -5.88. The Balaban J connectivity index is 0.000000246. The molecule has 2 amide bonds. The zero-order valence-electron chi connectivity index (χ0n) is 24.4. The van der Waals surface area contributed by atoms with Crippen molar-refractivity contribution in [3.8, 4) is 6.07 Å². The summed E-state index contributed by atoms with van der Waals surface area (Å²) >= 11 is 4.86. The number of nitrogens with two attached hydrogens (primary N) is 1. The third-order valence-corrected chi connectivity index (χ3v) is 5.87. The third kappa shape index (κ3) is 10.7. The van der Waals surface area contributed by atoms with Gasteiger partial charge in [-0.1, -0.05) is 36.5 Å². The van der Waals surface area contributed by atoms with Crippen LogP contribution in [-0.4, -0.2) is 49.9 Å². The highest BCUT2D eigenvalue weighted by atomic mass is 32.1. The van der Waals surface area contributed by atoms with Crippen LogP contribution < -0.4 is 27.5 Å². The number of thiocarbonyl (C=S) groups is 1. The second-order valence-corrected chi connectivity index (χ2v) is 9.44. The molecule has 0 radical (unpaired) electrons. The molecule has 45 heavy (non-hydrogen) atoms. The van der Waals surface area contributed by atoms with Gasteiger partial charge in [0.25, 0.3) is 11.1 Å². The number of carbonyl (C=O) groups excluding carboxylic acids is 2. The number of anilines is 2. The largest absolute Gasteiger partial charge is 0.450 e. The van der Waals surface area contributed by atoms with Crippen molar-refractivity contribution in [2.45, 2.75) is 26.9 Å². The molecule has 2 heterocycles. The van der Waals surface area contributed by atoms with Crippen molar-refractivity contribution in [3.05, 3.63) is 116 Å². The lowest BCUT2D eigenvalue weighted by molar-refractivity contribution is 0.167. The van der Waals surface area contributed by atoms with Crippen molar-refractivity contribution in [1.29, 1.82) is 5.26 Å². The summed E-state index contributed by atoms with van der Waals surface area (Å²) < 4.78 is 12.1. The Bertz CT molecular complexity index is 1830. The van der Waals surface area contributed by atoms with Gasteiger partial charge in [0.15, 0.2) is 5.69 Å². The summed E-state index contributed by atoms with van der Waals surface area (Å²) in [6.07, 6.45) is -1.07. The zero-order valence-corrected chi connectivity index (χ0v) is 25.2. The molecular formula is C30H30N8O6S. The Morgan fingerprint density at radius 2 is 1.31 bits per heavy atom. The molecule has 0 saturated heterocycles. The number of ether oxygens (including phenoxy) is 2. The van der Waals surface area contributed by atoms with Crippen molar-refractivity contribution >= 4 is 40.8 Å². The van der Waals surface area contributed by atoms with Gasteiger partial charge < -0.3 is 15.2 Å². The monoisotopic (exact) mass is 630 g/mol. The smallest absolute Gasteiger partial charge is 0.411 e. The van der Waals surface area contributed by atoms with Gasteiger partial charge in [0.05, 0.1) is 26.3 Å². The normalized spacial score (nSPS) is 9.98. The molecule has 0 spiro atoms. The first-order valence-corrected chi connectivity index (χ1v) is 13.9. The average Bonchev–Trinajstić information content (AvgIpc) is 3.00. The molecule has 0 aliphatic carbocycles. The number of benzene rings is 2. The summed E-state index contributed by atoms with van der Waals surface area (Å²) in [6.45, 7) is 4.45. The zero-order chi connectivity index (χ0) is 32.8. The van der Waals surface area contributed by atoms with E-state index in [0.29, 0.717) is 17.1 Å². The van der Waals surface area contributed by atoms with E-state index >= 15 is 0 Å². The van der Waals surface area contributed by atoms with Gasteiger partial charge in [0.2, 0.25) is 0 Å². The lowest BCUT2D eigenvalue weighted by atomic mass is 10.2. The highest BCUT2D eigenvalue weighted by molar-refractivity contribution is 7.80. The summed E-state index contributed by atoms with van der Waals surface area (Å²) in [4.78, 5) is 46.5. The van der Waals surface area contributed by atoms with Gasteiger partial charge in [0, 0.05) is 23.5 Å². The number of carbonyl (C=O) groups is 2. The first-order chi connectivity index (χ1) is 21.6. The van der Waals surface area contributed by atoms with Crippen molar-refractivity contribution < 1.29 is 19.1 Å². The predicted molar refractivity (Wildman–Crippen MR) is 170 cm³/mol. The van der Waals surface area contributed by atoms with E-state index in [1.807, 2.05) is 12.1 Å². The van der Waals surface area contributed by atoms with Crippen LogP contribution in [0.2, 0.25) is 0 Å². The second kappa shape index (κ2) is 16.7. The maximum Gasteiger partial charge on any atom is 0.411 e. The van der Waals surface area contributed by atoms with Gasteiger partial charge in [0.1, 0.15) is 16.8 Å². The summed E-state index contributed by atoms with van der Waals surface area (Å²) in [5, 5.41) is 22.1. The number of hydrogen-bond donors (Lipinski definition) is 3. The number of nitrogens with zero attached hydrogens (tertiary/aromatic N) is 5. The van der Waals surface area contributed by atoms with Gasteiger partial charge >= 0.3 is 12.2 Å². The molecular weight excluding hydrogens is 600 g/mol. The van der Waals surface area contributed by atoms with Gasteiger partial charge in [-0.2, -0.15) is 15.5 Å². The number of nitrogens with one attached hydrogen (secondary N) is 2. The van der Waals surface area contributed by atoms with E-state index in [1.54, 1.807) is 56.3 Å². The van der Waals surface area contributed by atoms with Crippen LogP contribution in [0.3, 0.4) is 0 Å². The standard InChI is InChI=1S/C15H16N4O3S.C15H14N4O3/c1-2-22-15(21)17-11-5-3-4-10(8-11)9-19-13(20)7-6-12(18-19)14(16)23;1-2-22-15(21)17-12-5-3-4-11(8-12)10-19-14(20)7-6-13(9-16)18-19/h3-8H,2,9H2,1H3,(H2,16,23)(H,17,21);3-8H,2,10H2,1H3,(H,17,21). The van der Waals surface area contributed by atoms with Gasteiger partial charge in [-0.15, -0.1) is 0 Å². The molecule has 0 bridgehead atoms. The minimum Gasteiger partial charge on any atom is -0.450 e. The summed E-state index contributed by atoms with van der Waals surface area (Å²) in [7, 11) is 0. The van der Waals surface area contributed by atoms with Crippen molar-refractivity contribution in [1.82, 2.24) is 19.6 Å². The molecule has 2 aromatic heterocycles. The number of rotatable bonds is 9. The molecule has 0 fully saturated rings. The van der Waals surface area contributed by atoms with Gasteiger partial charge in [-0.3, -0.25) is 20.2 Å². The van der Waals surface area contributed by atoms with Crippen LogP contribution in [-0.2, 0) is 22.6 Å². The maximum absolute atomic E-state index is 11.9. The lowest BCUT2D eigenvalue weighted by Crippen LogP contribution is -2.26. The SMILES string of the molecule is CCOC(=O)Nc1cccc(Cn2nc(C#N)ccc2=O)c1.CCOC(=O)Nc1cccc(Cn2nc(C(N)=S)ccc2=O)c1. The van der Waals surface area contributed by atoms with E-state index in [-0.39, 0.29) is 48.1 Å². The first-order valence-electron chi connectivity index (χ1n) is 13.5. The summed E-state index contributed by atoms with van der Waals surface area (Å²) in [5.74, 6) is 0. The number of aromatic nitrogens is 4. The minimum absolute atomic E-state index is 0.122. The average molecular weight is 631 g/mol. The van der Waals surface area contributed by atoms with Gasteiger partial charge in [-0.25, -0.2) is 19.0 Å². The van der Waals surface area contributed by atoms with E-state index in [1.165, 1.54) is 33.6 Å². The third-order valence-electron chi connectivity index (χ3n) is 5.66. The topological polar surface area (TPSA) is 196 Å².